The van der Waals surface area contributed by atoms with Crippen LogP contribution < -0.4 is 4.74 Å². The number of ether oxygens (including phenoxy) is 1. The molecule has 0 aliphatic heterocycles. The minimum Gasteiger partial charge on any atom is -0.490 e. The highest BCUT2D eigenvalue weighted by atomic mass is 35.5. The summed E-state index contributed by atoms with van der Waals surface area (Å²) < 4.78 is 5.70. The minimum atomic E-state index is 0.163. The van der Waals surface area contributed by atoms with Gasteiger partial charge in [0, 0.05) is 12.3 Å². The molecular weight excluding hydrogens is 220 g/mol. The lowest BCUT2D eigenvalue weighted by atomic mass is 10.1. The molecule has 0 aliphatic carbocycles. The van der Waals surface area contributed by atoms with E-state index in [9.17, 15) is 0 Å². The van der Waals surface area contributed by atoms with Gasteiger partial charge in [0.15, 0.2) is 0 Å². The van der Waals surface area contributed by atoms with Crippen molar-refractivity contribution < 1.29 is 4.74 Å². The lowest BCUT2D eigenvalue weighted by molar-refractivity contribution is 0.241. The molecule has 0 N–H and O–H groups in total. The number of halogens is 1. The monoisotopic (exact) mass is 236 g/mol. The summed E-state index contributed by atoms with van der Waals surface area (Å²) in [6, 6.07) is 6.05. The average molecular weight is 237 g/mol. The highest BCUT2D eigenvalue weighted by Crippen LogP contribution is 2.20. The fourth-order valence-corrected chi connectivity index (χ4v) is 1.40. The molecule has 1 rings (SSSR count). The van der Waals surface area contributed by atoms with Crippen molar-refractivity contribution in [1.29, 1.82) is 0 Å². The molecule has 0 atom stereocenters. The molecule has 0 radical (unpaired) electrons. The fraction of sp³-hybridized carbons (Fsp3) is 0.429. The Bertz CT molecular complexity index is 399. The van der Waals surface area contributed by atoms with E-state index >= 15 is 0 Å². The number of aryl methyl sites for hydroxylation is 1. The van der Waals surface area contributed by atoms with E-state index in [0.29, 0.717) is 12.3 Å². The topological polar surface area (TPSA) is 9.23 Å². The van der Waals surface area contributed by atoms with Crippen LogP contribution in [0.1, 0.15) is 31.4 Å². The summed E-state index contributed by atoms with van der Waals surface area (Å²) in [5.74, 6) is 7.55. The number of hydrogen-bond acceptors (Lipinski definition) is 1. The van der Waals surface area contributed by atoms with Crippen molar-refractivity contribution in [1.82, 2.24) is 0 Å². The van der Waals surface area contributed by atoms with Crippen LogP contribution >= 0.6 is 11.6 Å². The third kappa shape index (κ3) is 4.16. The Morgan fingerprint density at radius 2 is 2.12 bits per heavy atom. The summed E-state index contributed by atoms with van der Waals surface area (Å²) in [6.07, 6.45) is 0.868. The van der Waals surface area contributed by atoms with Gasteiger partial charge in [0.05, 0.1) is 11.7 Å². The van der Waals surface area contributed by atoms with Crippen LogP contribution in [-0.2, 0) is 0 Å². The van der Waals surface area contributed by atoms with Gasteiger partial charge in [-0.1, -0.05) is 17.9 Å². The van der Waals surface area contributed by atoms with Crippen LogP contribution in [0.2, 0.25) is 0 Å². The zero-order chi connectivity index (χ0) is 12.0. The maximum Gasteiger partial charge on any atom is 0.135 e. The first-order valence-electron chi connectivity index (χ1n) is 5.45. The van der Waals surface area contributed by atoms with Gasteiger partial charge in [-0.15, -0.1) is 11.6 Å². The average Bonchev–Trinajstić information content (AvgIpc) is 2.22. The fourth-order valence-electron chi connectivity index (χ4n) is 1.30. The van der Waals surface area contributed by atoms with E-state index in [1.807, 2.05) is 39.0 Å². The maximum absolute atomic E-state index is 5.70. The second kappa shape index (κ2) is 6.45. The van der Waals surface area contributed by atoms with Crippen molar-refractivity contribution in [3.8, 4) is 17.6 Å². The van der Waals surface area contributed by atoms with E-state index < -0.39 is 0 Å². The van der Waals surface area contributed by atoms with E-state index in [2.05, 4.69) is 11.8 Å². The highest BCUT2D eigenvalue weighted by molar-refractivity contribution is 6.18. The van der Waals surface area contributed by atoms with Gasteiger partial charge in [-0.05, 0) is 38.5 Å². The molecule has 0 amide bonds. The van der Waals surface area contributed by atoms with Gasteiger partial charge in [0.1, 0.15) is 5.75 Å². The molecule has 0 spiro atoms. The molecule has 0 fully saturated rings. The Labute approximate surface area is 103 Å². The Kier molecular flexibility index (Phi) is 5.22. The maximum atomic E-state index is 5.70. The van der Waals surface area contributed by atoms with Gasteiger partial charge in [-0.3, -0.25) is 0 Å². The molecule has 0 unspecified atom stereocenters. The summed E-state index contributed by atoms with van der Waals surface area (Å²) in [5.41, 5.74) is 2.13. The van der Waals surface area contributed by atoms with Crippen LogP contribution in [-0.4, -0.2) is 12.0 Å². The van der Waals surface area contributed by atoms with Gasteiger partial charge in [-0.2, -0.15) is 0 Å². The number of hydrogen-bond donors (Lipinski definition) is 0. The molecular formula is C14H17ClO. The molecule has 0 bridgehead atoms. The van der Waals surface area contributed by atoms with Crippen LogP contribution in [0.4, 0.5) is 0 Å². The summed E-state index contributed by atoms with van der Waals surface area (Å²) >= 11 is 5.59. The van der Waals surface area contributed by atoms with Gasteiger partial charge >= 0.3 is 0 Å². The van der Waals surface area contributed by atoms with E-state index in [1.165, 1.54) is 5.56 Å². The van der Waals surface area contributed by atoms with Crippen molar-refractivity contribution in [3.63, 3.8) is 0 Å². The summed E-state index contributed by atoms with van der Waals surface area (Å²) in [5, 5.41) is 0. The summed E-state index contributed by atoms with van der Waals surface area (Å²) in [6.45, 7) is 6.07. The van der Waals surface area contributed by atoms with Gasteiger partial charge < -0.3 is 4.74 Å². The third-order valence-corrected chi connectivity index (χ3v) is 2.13. The molecule has 0 heterocycles. The van der Waals surface area contributed by atoms with Crippen LogP contribution in [0.5, 0.6) is 5.75 Å². The standard InChI is InChI=1S/C14H17ClO/c1-11(2)16-14-8-7-12(3)10-13(14)6-4-5-9-15/h7-8,10-11H,5,9H2,1-3H3. The molecule has 1 aromatic rings. The number of benzene rings is 1. The Hall–Kier alpha value is -1.13. The van der Waals surface area contributed by atoms with Gasteiger partial charge in [0.25, 0.3) is 0 Å². The normalized spacial score (nSPS) is 9.81. The molecule has 1 nitrogen and oxygen atoms in total. The lowest BCUT2D eigenvalue weighted by Gasteiger charge is -2.11. The second-order valence-electron chi connectivity index (χ2n) is 3.91. The molecule has 0 saturated carbocycles. The molecule has 2 heteroatoms. The zero-order valence-electron chi connectivity index (χ0n) is 10.0. The van der Waals surface area contributed by atoms with Gasteiger partial charge in [0.2, 0.25) is 0 Å². The first kappa shape index (κ1) is 12.9. The predicted octanol–water partition coefficient (Wildman–Crippen LogP) is 3.76. The van der Waals surface area contributed by atoms with Crippen LogP contribution in [0.25, 0.3) is 0 Å². The Balaban J connectivity index is 2.95. The van der Waals surface area contributed by atoms with E-state index in [4.69, 9.17) is 16.3 Å². The predicted molar refractivity (Wildman–Crippen MR) is 69.2 cm³/mol. The molecule has 0 aliphatic rings. The minimum absolute atomic E-state index is 0.163. The second-order valence-corrected chi connectivity index (χ2v) is 4.28. The van der Waals surface area contributed by atoms with Crippen molar-refractivity contribution in [2.75, 3.05) is 5.88 Å². The van der Waals surface area contributed by atoms with Crippen LogP contribution in [0.3, 0.4) is 0 Å². The van der Waals surface area contributed by atoms with Gasteiger partial charge in [-0.25, -0.2) is 0 Å². The molecule has 0 aromatic heterocycles. The first-order chi connectivity index (χ1) is 7.63. The highest BCUT2D eigenvalue weighted by Gasteiger charge is 2.03. The Morgan fingerprint density at radius 3 is 2.75 bits per heavy atom. The van der Waals surface area contributed by atoms with Crippen molar-refractivity contribution >= 4 is 11.6 Å². The molecule has 1 aromatic carbocycles. The van der Waals surface area contributed by atoms with E-state index in [-0.39, 0.29) is 6.10 Å². The lowest BCUT2D eigenvalue weighted by Crippen LogP contribution is -2.06. The van der Waals surface area contributed by atoms with E-state index in [0.717, 1.165) is 11.3 Å². The van der Waals surface area contributed by atoms with Crippen LogP contribution in [0.15, 0.2) is 18.2 Å². The quantitative estimate of drug-likeness (QED) is 0.574. The van der Waals surface area contributed by atoms with Crippen molar-refractivity contribution in [2.24, 2.45) is 0 Å². The molecule has 16 heavy (non-hydrogen) atoms. The smallest absolute Gasteiger partial charge is 0.135 e. The number of alkyl halides is 1. The van der Waals surface area contributed by atoms with E-state index in [1.54, 1.807) is 0 Å². The largest absolute Gasteiger partial charge is 0.490 e. The SMILES string of the molecule is Cc1ccc(OC(C)C)c(C#CCCCl)c1. The molecule has 86 valence electrons. The first-order valence-corrected chi connectivity index (χ1v) is 5.99. The van der Waals surface area contributed by atoms with Crippen molar-refractivity contribution in [2.45, 2.75) is 33.3 Å². The van der Waals surface area contributed by atoms with Crippen molar-refractivity contribution in [3.05, 3.63) is 29.3 Å². The van der Waals surface area contributed by atoms with Crippen LogP contribution in [0, 0.1) is 18.8 Å². The summed E-state index contributed by atoms with van der Waals surface area (Å²) in [4.78, 5) is 0. The third-order valence-electron chi connectivity index (χ3n) is 1.94. The zero-order valence-corrected chi connectivity index (χ0v) is 10.8. The Morgan fingerprint density at radius 1 is 1.38 bits per heavy atom. The molecule has 0 saturated heterocycles. The summed E-state index contributed by atoms with van der Waals surface area (Å²) in [7, 11) is 0. The number of rotatable bonds is 3.